The average Bonchev–Trinajstić information content (AvgIpc) is 3.15. The lowest BCUT2D eigenvalue weighted by Gasteiger charge is -2.30. The van der Waals surface area contributed by atoms with E-state index < -0.39 is 4.75 Å². The summed E-state index contributed by atoms with van der Waals surface area (Å²) >= 11 is 1.37. The Morgan fingerprint density at radius 3 is 2.35 bits per heavy atom. The molecule has 3 atom stereocenters. The highest BCUT2D eigenvalue weighted by Gasteiger charge is 2.63. The molecule has 1 aliphatic carbocycles. The molecular formula is C22H21NO2S. The summed E-state index contributed by atoms with van der Waals surface area (Å²) < 4.78 is -1.09. The molecule has 26 heavy (non-hydrogen) atoms. The van der Waals surface area contributed by atoms with E-state index in [1.54, 1.807) is 0 Å². The summed E-state index contributed by atoms with van der Waals surface area (Å²) in [5.41, 5.74) is 1.98. The van der Waals surface area contributed by atoms with Gasteiger partial charge in [0, 0.05) is 17.9 Å². The molecule has 0 N–H and O–H groups in total. The minimum absolute atomic E-state index is 0.0366. The molecule has 1 aliphatic heterocycles. The number of thioether (sulfide) groups is 1. The Labute approximate surface area is 157 Å². The largest absolute Gasteiger partial charge is 0.297 e. The molecule has 2 aromatic carbocycles. The number of rotatable bonds is 4. The van der Waals surface area contributed by atoms with Crippen LogP contribution in [0.25, 0.3) is 0 Å². The van der Waals surface area contributed by atoms with Gasteiger partial charge in [-0.3, -0.25) is 9.59 Å². The van der Waals surface area contributed by atoms with Crippen molar-refractivity contribution in [1.29, 1.82) is 0 Å². The normalized spacial score (nSPS) is 28.0. The van der Waals surface area contributed by atoms with Gasteiger partial charge in [0.05, 0.1) is 0 Å². The Hall–Kier alpha value is -2.20. The van der Waals surface area contributed by atoms with Crippen molar-refractivity contribution < 1.29 is 9.59 Å². The number of carbonyl (C=O) groups excluding carboxylic acids is 2. The SMILES string of the molecule is CCC[C@@H]1CC(=O)[C@]2(SC(c3ccccc3)=NC2=O)[C@@H]1c1ccccc1. The van der Waals surface area contributed by atoms with E-state index in [-0.39, 0.29) is 23.5 Å². The Balaban J connectivity index is 1.78. The van der Waals surface area contributed by atoms with E-state index in [0.29, 0.717) is 11.5 Å². The molecule has 1 heterocycles. The van der Waals surface area contributed by atoms with Gasteiger partial charge in [-0.2, -0.15) is 0 Å². The highest BCUT2D eigenvalue weighted by molar-refractivity contribution is 8.17. The number of aliphatic imine (C=N–C) groups is 1. The standard InChI is InChI=1S/C22H21NO2S/c1-2-9-17-14-18(24)22(19(17)15-10-5-3-6-11-15)21(25)23-20(26-22)16-12-7-4-8-13-16/h3-8,10-13,17,19H,2,9,14H2,1H3/t17-,19-,22+/m1/s1. The molecule has 1 fully saturated rings. The Bertz CT molecular complexity index is 862. The number of nitrogens with zero attached hydrogens (tertiary/aromatic N) is 1. The molecule has 1 amide bonds. The summed E-state index contributed by atoms with van der Waals surface area (Å²) in [5.74, 6) is -0.163. The second-order valence-electron chi connectivity index (χ2n) is 6.99. The molecule has 4 heteroatoms. The first-order chi connectivity index (χ1) is 12.7. The van der Waals surface area contributed by atoms with Gasteiger partial charge in [-0.15, -0.1) is 0 Å². The maximum absolute atomic E-state index is 13.1. The van der Waals surface area contributed by atoms with Gasteiger partial charge in [-0.25, -0.2) is 4.99 Å². The summed E-state index contributed by atoms with van der Waals surface area (Å²) in [4.78, 5) is 30.6. The van der Waals surface area contributed by atoms with Gasteiger partial charge in [0.25, 0.3) is 5.91 Å². The topological polar surface area (TPSA) is 46.5 Å². The van der Waals surface area contributed by atoms with Crippen LogP contribution in [0.1, 0.15) is 43.2 Å². The van der Waals surface area contributed by atoms with Gasteiger partial charge < -0.3 is 0 Å². The number of carbonyl (C=O) groups is 2. The molecular weight excluding hydrogens is 342 g/mol. The predicted molar refractivity (Wildman–Crippen MR) is 106 cm³/mol. The zero-order valence-electron chi connectivity index (χ0n) is 14.7. The Morgan fingerprint density at radius 2 is 1.69 bits per heavy atom. The third-order valence-electron chi connectivity index (χ3n) is 5.39. The molecule has 2 aliphatic rings. The number of Topliss-reactive ketones (excluding diaryl/α,β-unsaturated/α-hetero) is 1. The fourth-order valence-corrected chi connectivity index (χ4v) is 5.76. The molecule has 2 aromatic rings. The van der Waals surface area contributed by atoms with Gasteiger partial charge in [0.2, 0.25) is 0 Å². The van der Waals surface area contributed by atoms with Gasteiger partial charge in [-0.05, 0) is 17.9 Å². The van der Waals surface area contributed by atoms with Crippen LogP contribution in [-0.4, -0.2) is 21.5 Å². The van der Waals surface area contributed by atoms with E-state index in [9.17, 15) is 9.59 Å². The summed E-state index contributed by atoms with van der Waals surface area (Å²) in [7, 11) is 0. The maximum atomic E-state index is 13.1. The van der Waals surface area contributed by atoms with E-state index in [1.807, 2.05) is 60.7 Å². The van der Waals surface area contributed by atoms with Crippen molar-refractivity contribution in [2.45, 2.75) is 36.9 Å². The van der Waals surface area contributed by atoms with Crippen LogP contribution in [0.4, 0.5) is 0 Å². The van der Waals surface area contributed by atoms with Crippen molar-refractivity contribution in [3.8, 4) is 0 Å². The molecule has 0 unspecified atom stereocenters. The molecule has 0 aromatic heterocycles. The Morgan fingerprint density at radius 1 is 1.04 bits per heavy atom. The molecule has 1 saturated carbocycles. The minimum atomic E-state index is -1.09. The van der Waals surface area contributed by atoms with Crippen molar-refractivity contribution in [2.24, 2.45) is 10.9 Å². The first kappa shape index (κ1) is 17.2. The fraction of sp³-hybridized carbons (Fsp3) is 0.318. The number of hydrogen-bond donors (Lipinski definition) is 0. The summed E-state index contributed by atoms with van der Waals surface area (Å²) in [6.45, 7) is 2.13. The minimum Gasteiger partial charge on any atom is -0.297 e. The van der Waals surface area contributed by atoms with Gasteiger partial charge in [0.15, 0.2) is 10.5 Å². The molecule has 3 nitrogen and oxygen atoms in total. The van der Waals surface area contributed by atoms with Crippen LogP contribution in [0.2, 0.25) is 0 Å². The molecule has 4 rings (SSSR count). The van der Waals surface area contributed by atoms with Crippen molar-refractivity contribution in [3.63, 3.8) is 0 Å². The van der Waals surface area contributed by atoms with E-state index in [2.05, 4.69) is 11.9 Å². The molecule has 1 spiro atoms. The third-order valence-corrected chi connectivity index (χ3v) is 6.89. The highest BCUT2D eigenvalue weighted by atomic mass is 32.2. The molecule has 132 valence electrons. The van der Waals surface area contributed by atoms with Crippen LogP contribution < -0.4 is 0 Å². The quantitative estimate of drug-likeness (QED) is 0.745. The lowest BCUT2D eigenvalue weighted by atomic mass is 9.80. The van der Waals surface area contributed by atoms with E-state index in [1.165, 1.54) is 11.8 Å². The van der Waals surface area contributed by atoms with Crippen LogP contribution in [0, 0.1) is 5.92 Å². The summed E-state index contributed by atoms with van der Waals surface area (Å²) in [6.07, 6.45) is 2.41. The van der Waals surface area contributed by atoms with E-state index in [4.69, 9.17) is 0 Å². The zero-order chi connectivity index (χ0) is 18.1. The lowest BCUT2D eigenvalue weighted by Crippen LogP contribution is -2.41. The monoisotopic (exact) mass is 363 g/mol. The average molecular weight is 363 g/mol. The van der Waals surface area contributed by atoms with Crippen molar-refractivity contribution in [3.05, 3.63) is 71.8 Å². The van der Waals surface area contributed by atoms with Gasteiger partial charge in [-0.1, -0.05) is 85.8 Å². The zero-order valence-corrected chi connectivity index (χ0v) is 15.5. The number of amides is 1. The van der Waals surface area contributed by atoms with Crippen LogP contribution in [0.3, 0.4) is 0 Å². The van der Waals surface area contributed by atoms with Crippen molar-refractivity contribution in [1.82, 2.24) is 0 Å². The van der Waals surface area contributed by atoms with Gasteiger partial charge in [0.1, 0.15) is 5.04 Å². The second-order valence-corrected chi connectivity index (χ2v) is 8.23. The molecule has 0 radical (unpaired) electrons. The van der Waals surface area contributed by atoms with E-state index >= 15 is 0 Å². The lowest BCUT2D eigenvalue weighted by molar-refractivity contribution is -0.128. The number of hydrogen-bond acceptors (Lipinski definition) is 3. The highest BCUT2D eigenvalue weighted by Crippen LogP contribution is 2.57. The van der Waals surface area contributed by atoms with Gasteiger partial charge >= 0.3 is 0 Å². The van der Waals surface area contributed by atoms with E-state index in [0.717, 1.165) is 24.0 Å². The maximum Gasteiger partial charge on any atom is 0.271 e. The summed E-state index contributed by atoms with van der Waals surface area (Å²) in [6, 6.07) is 19.7. The Kier molecular flexibility index (Phi) is 4.53. The first-order valence-corrected chi connectivity index (χ1v) is 9.94. The smallest absolute Gasteiger partial charge is 0.271 e. The van der Waals surface area contributed by atoms with Crippen LogP contribution in [-0.2, 0) is 9.59 Å². The first-order valence-electron chi connectivity index (χ1n) is 9.12. The predicted octanol–water partition coefficient (Wildman–Crippen LogP) is 4.62. The second kappa shape index (κ2) is 6.84. The van der Waals surface area contributed by atoms with Crippen molar-refractivity contribution in [2.75, 3.05) is 0 Å². The van der Waals surface area contributed by atoms with Crippen LogP contribution >= 0.6 is 11.8 Å². The van der Waals surface area contributed by atoms with Crippen LogP contribution in [0.15, 0.2) is 65.7 Å². The molecule has 0 bridgehead atoms. The summed E-state index contributed by atoms with van der Waals surface area (Å²) in [5, 5.41) is 0.669. The molecule has 0 saturated heterocycles. The number of benzene rings is 2. The number of ketones is 1. The fourth-order valence-electron chi connectivity index (χ4n) is 4.29. The third kappa shape index (κ3) is 2.64. The van der Waals surface area contributed by atoms with Crippen molar-refractivity contribution >= 4 is 28.5 Å². The van der Waals surface area contributed by atoms with Crippen LogP contribution in [0.5, 0.6) is 0 Å².